The van der Waals surface area contributed by atoms with Crippen molar-refractivity contribution < 1.29 is 247 Å². The van der Waals surface area contributed by atoms with Crippen LogP contribution in [0.1, 0.15) is 31.1 Å². The van der Waals surface area contributed by atoms with Gasteiger partial charge < -0.3 is 286 Å². The number of benzene rings is 3. The summed E-state index contributed by atoms with van der Waals surface area (Å²) in [5, 5.41) is 320. The maximum absolute atomic E-state index is 14.1. The third kappa shape index (κ3) is 31.7. The third-order valence-corrected chi connectivity index (χ3v) is 25.7. The van der Waals surface area contributed by atoms with Crippen molar-refractivity contribution >= 4 is 87.1 Å². The largest absolute Gasteiger partial charge is 0.492 e. The van der Waals surface area contributed by atoms with E-state index in [4.69, 9.17) is 139 Å². The second kappa shape index (κ2) is 58.2. The molecule has 8 aliphatic heterocycles. The predicted octanol–water partition coefficient (Wildman–Crippen LogP) is -19.0. The number of carbonyl (C=O) groups excluding carboxylic acids is 3. The Morgan fingerprint density at radius 2 is 0.440 bits per heavy atom. The van der Waals surface area contributed by atoms with Crippen molar-refractivity contribution in [1.82, 2.24) is 53.2 Å². The van der Waals surface area contributed by atoms with Crippen LogP contribution in [-0.2, 0) is 61.6 Å². The zero-order valence-electron chi connectivity index (χ0n) is 79.6. The number of hydrogen-bond donors (Lipinski definition) is 38. The predicted molar refractivity (Wildman–Crippen MR) is 509 cm³/mol. The van der Waals surface area contributed by atoms with E-state index in [1.54, 1.807) is 0 Å². The number of aliphatic hydroxyl groups excluding tert-OH is 28. The normalized spacial score (nSPS) is 36.0. The molecular weight excluding hydrogens is 2100 g/mol. The van der Waals surface area contributed by atoms with Crippen LogP contribution in [0.5, 0.6) is 34.5 Å². The van der Waals surface area contributed by atoms with Crippen molar-refractivity contribution in [2.45, 2.75) is 245 Å². The van der Waals surface area contributed by atoms with Crippen LogP contribution >= 0.6 is 48.9 Å². The molecule has 60 nitrogen and oxygen atoms in total. The number of amides is 2. The summed E-state index contributed by atoms with van der Waals surface area (Å²) in [6.07, 6.45) is -68.1. The number of ether oxygens (including phenoxy) is 19. The van der Waals surface area contributed by atoms with E-state index in [0.29, 0.717) is 0 Å². The molecule has 150 heavy (non-hydrogen) atoms. The Morgan fingerprint density at radius 3 is 0.633 bits per heavy atom. The van der Waals surface area contributed by atoms with Crippen LogP contribution in [0.15, 0.2) is 54.6 Å². The molecule has 0 spiro atoms. The lowest BCUT2D eigenvalue weighted by Gasteiger charge is -2.46. The lowest BCUT2D eigenvalue weighted by atomic mass is 9.96. The Balaban J connectivity index is 0.700. The van der Waals surface area contributed by atoms with Gasteiger partial charge in [-0.3, -0.25) is 9.59 Å². The molecule has 0 saturated carbocycles. The van der Waals surface area contributed by atoms with Gasteiger partial charge in [0.2, 0.25) is 0 Å². The zero-order valence-corrected chi connectivity index (χ0v) is 82.8. The van der Waals surface area contributed by atoms with Gasteiger partial charge in [0.15, 0.2) is 70.5 Å². The fourth-order valence-corrected chi connectivity index (χ4v) is 17.3. The molecule has 8 fully saturated rings. The van der Waals surface area contributed by atoms with Gasteiger partial charge in [0.05, 0.1) is 105 Å². The topological polar surface area (TPSA) is 913 Å². The molecule has 3 aromatic carbocycles. The first-order valence-electron chi connectivity index (χ1n) is 47.0. The number of nitrogens with one attached hydrogen (secondary N) is 10. The fraction of sp³-hybridized carbons (Fsp3) is 0.709. The molecule has 40 atom stereocenters. The highest BCUT2D eigenvalue weighted by molar-refractivity contribution is 7.80. The standard InChI is InChI=1S/C86H130N10O50S4/c1-128-78(127)33-18-38(129-8-2-87-72(125)31-14-34(131-10-4-89-83(147)93-74-60(117)56(113)68(44(27-101)135-74)143-79-64(121)52(109)48(105)40(23-97)139-79)20-35(15-31)132-11-5-90-84(148)94-75-61(118)57(114)69(45(28-102)136-75)144-80-65(122)53(110)49(106)41(24-98)140-80)22-39(19-33)130-9-3-88-73(126)32-16-36(133-12-6-91-85(149)95-76-62(119)58(115)70(46(29-103)137-76)145-81-66(123)54(111)50(107)42(25-99)141-81)21-37(17-32)134-13-7-92-86(150)96-77-63(120)59(116)71(47(30-104)138-77)146-82-67(124)55(112)51(108)43(26-100)142-82/h14-22,40-71,74-77,79-82,97-124H,2-13,23-30H2,1H3,(H,87,125)(H,88,126)(H2,89,93,147)(H2,90,94,148)(H2,91,95,149)(H2,92,96,150)/t40-,41-,42-,43-,44-,45-,46-,47-,48+,49+,50+,51+,52+,53+,54+,55+,56-,57-,58-,59-,60-,61-,62-,63-,64-,65-,66-,67-,68-,69-,70-,71-,74-,75-,76-,77-,79+,80+,81+,82+/m1/s1. The summed E-state index contributed by atoms with van der Waals surface area (Å²) in [5.74, 6) is -2.11. The number of aliphatic hydroxyl groups is 28. The number of carbonyl (C=O) groups is 3. The summed E-state index contributed by atoms with van der Waals surface area (Å²) in [6.45, 7) is -8.88. The Hall–Kier alpha value is -7.97. The van der Waals surface area contributed by atoms with E-state index >= 15 is 0 Å². The average Bonchev–Trinajstić information content (AvgIpc) is 0.790. The number of methoxy groups -OCH3 is 1. The van der Waals surface area contributed by atoms with Crippen molar-refractivity contribution in [3.8, 4) is 34.5 Å². The summed E-state index contributed by atoms with van der Waals surface area (Å²) >= 11 is 21.7. The minimum Gasteiger partial charge on any atom is -0.492 e. The van der Waals surface area contributed by atoms with Gasteiger partial charge in [0.1, 0.15) is 269 Å². The molecule has 38 N–H and O–H groups in total. The average molecular weight is 2230 g/mol. The van der Waals surface area contributed by atoms with Gasteiger partial charge in [0, 0.05) is 29.3 Å². The highest BCUT2D eigenvalue weighted by Crippen LogP contribution is 2.37. The number of thiocarbonyl (C=S) groups is 4. The Bertz CT molecular complexity index is 4270. The van der Waals surface area contributed by atoms with E-state index in [-0.39, 0.29) is 151 Å². The molecule has 8 heterocycles. The lowest BCUT2D eigenvalue weighted by molar-refractivity contribution is -0.342. The Morgan fingerprint density at radius 1 is 0.247 bits per heavy atom. The maximum Gasteiger partial charge on any atom is 0.338 e. The van der Waals surface area contributed by atoms with Crippen molar-refractivity contribution in [2.75, 3.05) is 139 Å². The van der Waals surface area contributed by atoms with E-state index in [9.17, 15) is 157 Å². The first kappa shape index (κ1) is 122. The summed E-state index contributed by atoms with van der Waals surface area (Å²) in [4.78, 5) is 41.3. The molecule has 8 saturated heterocycles. The van der Waals surface area contributed by atoms with Crippen LogP contribution in [0.2, 0.25) is 0 Å². The first-order valence-corrected chi connectivity index (χ1v) is 48.6. The van der Waals surface area contributed by atoms with Gasteiger partial charge >= 0.3 is 5.97 Å². The van der Waals surface area contributed by atoms with Crippen LogP contribution in [0.3, 0.4) is 0 Å². The van der Waals surface area contributed by atoms with Crippen LogP contribution in [0.4, 0.5) is 0 Å². The van der Waals surface area contributed by atoms with Crippen LogP contribution < -0.4 is 81.6 Å². The van der Waals surface area contributed by atoms with Crippen molar-refractivity contribution in [2.24, 2.45) is 0 Å². The van der Waals surface area contributed by atoms with Gasteiger partial charge in [-0.15, -0.1) is 0 Å². The summed E-state index contributed by atoms with van der Waals surface area (Å²) in [5.41, 5.74) is -0.173. The number of rotatable bonds is 47. The van der Waals surface area contributed by atoms with Gasteiger partial charge in [0.25, 0.3) is 11.8 Å². The SMILES string of the molecule is COC(=O)c1cc(OCCNC(=O)c2cc(OCCNC(=S)N[C@@H]3O[C@H](CO)[C@@H](O[C@@H]4O[C@H](CO)[C@H](O)[C@H](O)[C@H]4O)[C@H](O)[C@H]3O)cc(OCCNC(=S)N[C@@H]3O[C@H](CO)[C@@H](O[C@@H]4O[C@H](CO)[C@H](O)[C@H](O)[C@H]4O)[C@H](O)[C@H]3O)c2)cc(OCCNC(=O)c2cc(OCCNC(=S)N[C@@H]3O[C@H](CO)[C@@H](O[C@@H]4O[C@H](CO)[C@H](O)[C@H](O)[C@H]4O)[C@H](O)[C@H]3O)cc(OCCNC(=S)N[C@@H]3O[C@H](CO)[C@@H](O[C@@H]4O[C@H](CO)[C@H](O)[C@H](O)[C@H]4O)[C@H](O)[C@H]3O)c2)c1. The van der Waals surface area contributed by atoms with E-state index in [1.807, 2.05) is 0 Å². The van der Waals surface area contributed by atoms with Crippen LogP contribution in [0, 0.1) is 0 Å². The second-order valence-corrected chi connectivity index (χ2v) is 36.6. The molecule has 64 heteroatoms. The Labute approximate surface area is 873 Å². The second-order valence-electron chi connectivity index (χ2n) is 35.0. The van der Waals surface area contributed by atoms with E-state index in [0.717, 1.165) is 7.11 Å². The smallest absolute Gasteiger partial charge is 0.338 e. The summed E-state index contributed by atoms with van der Waals surface area (Å²) in [7, 11) is 1.12. The van der Waals surface area contributed by atoms with Crippen molar-refractivity contribution in [3.05, 3.63) is 71.3 Å². The summed E-state index contributed by atoms with van der Waals surface area (Å²) < 4.78 is 108. The molecule has 2 amide bonds. The highest BCUT2D eigenvalue weighted by Gasteiger charge is 2.57. The third-order valence-electron chi connectivity index (χ3n) is 24.6. The molecule has 11 rings (SSSR count). The molecule has 0 aliphatic carbocycles. The molecule has 0 radical (unpaired) electrons. The maximum atomic E-state index is 14.1. The molecule has 0 unspecified atom stereocenters. The van der Waals surface area contributed by atoms with Gasteiger partial charge in [-0.1, -0.05) is 0 Å². The van der Waals surface area contributed by atoms with Crippen molar-refractivity contribution in [3.63, 3.8) is 0 Å². The van der Waals surface area contributed by atoms with Crippen molar-refractivity contribution in [1.29, 1.82) is 0 Å². The quantitative estimate of drug-likeness (QED) is 0.0142. The van der Waals surface area contributed by atoms with Gasteiger partial charge in [-0.25, -0.2) is 4.79 Å². The number of hydrogen-bond acceptors (Lipinski definition) is 54. The highest BCUT2D eigenvalue weighted by atomic mass is 32.1. The minimum absolute atomic E-state index is 0.0270. The summed E-state index contributed by atoms with van der Waals surface area (Å²) in [6, 6.07) is 12.2. The molecule has 0 bridgehead atoms. The molecular formula is C86H130N10O50S4. The van der Waals surface area contributed by atoms with Crippen LogP contribution in [-0.4, -0.2) is 565 Å². The van der Waals surface area contributed by atoms with E-state index < -0.39 is 316 Å². The van der Waals surface area contributed by atoms with E-state index in [2.05, 4.69) is 53.2 Å². The molecule has 0 aromatic heterocycles. The van der Waals surface area contributed by atoms with E-state index in [1.165, 1.54) is 54.6 Å². The minimum atomic E-state index is -1.91. The fourth-order valence-electron chi connectivity index (χ4n) is 16.5. The molecule has 848 valence electrons. The molecule has 8 aliphatic rings. The van der Waals surface area contributed by atoms with Crippen LogP contribution in [0.25, 0.3) is 0 Å². The van der Waals surface area contributed by atoms with Gasteiger partial charge in [-0.05, 0) is 85.3 Å². The zero-order chi connectivity index (χ0) is 109. The van der Waals surface area contributed by atoms with Gasteiger partial charge in [-0.2, -0.15) is 0 Å². The monoisotopic (exact) mass is 2230 g/mol. The molecule has 3 aromatic rings. The lowest BCUT2D eigenvalue weighted by Crippen LogP contribution is -2.67. The first-order chi connectivity index (χ1) is 71.6. The Kier molecular flexibility index (Phi) is 47.4. The number of esters is 1.